The molecule has 17 heavy (non-hydrogen) atoms. The van der Waals surface area contributed by atoms with E-state index >= 15 is 0 Å². The van der Waals surface area contributed by atoms with Crippen LogP contribution in [0.3, 0.4) is 0 Å². The molecule has 0 spiro atoms. The normalized spacial score (nSPS) is 25.1. The first-order valence-corrected chi connectivity index (χ1v) is 8.07. The Hall–Kier alpha value is 0.230. The summed E-state index contributed by atoms with van der Waals surface area (Å²) in [6, 6.07) is 0.557. The van der Waals surface area contributed by atoms with Crippen LogP contribution in [0.15, 0.2) is 0 Å². The lowest BCUT2D eigenvalue weighted by molar-refractivity contribution is 0.0281. The Morgan fingerprint density at radius 1 is 1.35 bits per heavy atom. The van der Waals surface area contributed by atoms with Crippen LogP contribution in [0.4, 0.5) is 0 Å². The lowest BCUT2D eigenvalue weighted by Gasteiger charge is -2.21. The third-order valence-electron chi connectivity index (χ3n) is 3.14. The molecule has 3 nitrogen and oxygen atoms in total. The van der Waals surface area contributed by atoms with E-state index in [0.717, 1.165) is 19.6 Å². The molecule has 0 radical (unpaired) electrons. The van der Waals surface area contributed by atoms with Gasteiger partial charge < -0.3 is 15.0 Å². The third kappa shape index (κ3) is 6.65. The molecule has 1 saturated heterocycles. The maximum atomic E-state index is 6.05. The van der Waals surface area contributed by atoms with Crippen molar-refractivity contribution in [1.82, 2.24) is 10.2 Å². The molecule has 1 rings (SSSR count). The molecule has 1 N–H and O–H groups in total. The van der Waals surface area contributed by atoms with Gasteiger partial charge in [0.2, 0.25) is 0 Å². The lowest BCUT2D eigenvalue weighted by atomic mass is 10.2. The van der Waals surface area contributed by atoms with Crippen LogP contribution in [0.5, 0.6) is 0 Å². The summed E-state index contributed by atoms with van der Waals surface area (Å²) in [5.41, 5.74) is 0. The first-order chi connectivity index (χ1) is 8.11. The van der Waals surface area contributed by atoms with Gasteiger partial charge in [0, 0.05) is 31.4 Å². The van der Waals surface area contributed by atoms with E-state index in [1.807, 2.05) is 11.8 Å². The van der Waals surface area contributed by atoms with E-state index in [0.29, 0.717) is 18.2 Å². The first kappa shape index (κ1) is 15.3. The Morgan fingerprint density at radius 2 is 2.06 bits per heavy atom. The molecule has 0 amide bonds. The lowest BCUT2D eigenvalue weighted by Crippen LogP contribution is -2.34. The molecular weight excluding hydrogens is 232 g/mol. The zero-order valence-electron chi connectivity index (χ0n) is 11.7. The Balaban J connectivity index is 2.12. The molecule has 1 aliphatic heterocycles. The number of ether oxygens (including phenoxy) is 1. The topological polar surface area (TPSA) is 24.5 Å². The van der Waals surface area contributed by atoms with Gasteiger partial charge in [-0.3, -0.25) is 0 Å². The number of likely N-dealkylation sites (N-methyl/N-ethyl adjacent to an activating group) is 1. The van der Waals surface area contributed by atoms with Crippen molar-refractivity contribution in [3.63, 3.8) is 0 Å². The van der Waals surface area contributed by atoms with Crippen LogP contribution in [0.1, 0.15) is 26.7 Å². The van der Waals surface area contributed by atoms with Gasteiger partial charge in [0.25, 0.3) is 0 Å². The van der Waals surface area contributed by atoms with E-state index < -0.39 is 0 Å². The monoisotopic (exact) mass is 260 g/mol. The fourth-order valence-electron chi connectivity index (χ4n) is 2.12. The molecule has 1 aliphatic rings. The fourth-order valence-corrected chi connectivity index (χ4v) is 2.61. The standard InChI is InChI=1S/C13H28N2OS/c1-11(2)14-9-12-5-6-13(16-12)10-15(3)7-8-17-4/h11-14H,5-10H2,1-4H3. The number of hydrogen-bond acceptors (Lipinski definition) is 4. The highest BCUT2D eigenvalue weighted by molar-refractivity contribution is 7.98. The summed E-state index contributed by atoms with van der Waals surface area (Å²) >= 11 is 1.91. The minimum atomic E-state index is 0.427. The Bertz CT molecular complexity index is 202. The minimum absolute atomic E-state index is 0.427. The molecule has 4 heteroatoms. The van der Waals surface area contributed by atoms with E-state index in [1.165, 1.54) is 18.6 Å². The fraction of sp³-hybridized carbons (Fsp3) is 1.00. The van der Waals surface area contributed by atoms with E-state index in [1.54, 1.807) is 0 Å². The van der Waals surface area contributed by atoms with Gasteiger partial charge >= 0.3 is 0 Å². The molecule has 1 fully saturated rings. The number of rotatable bonds is 8. The Kier molecular flexibility index (Phi) is 7.51. The van der Waals surface area contributed by atoms with Crippen molar-refractivity contribution in [2.24, 2.45) is 0 Å². The van der Waals surface area contributed by atoms with Crippen molar-refractivity contribution in [2.75, 3.05) is 38.7 Å². The Labute approximate surface area is 111 Å². The predicted molar refractivity (Wildman–Crippen MR) is 76.9 cm³/mol. The highest BCUT2D eigenvalue weighted by atomic mass is 32.2. The summed E-state index contributed by atoms with van der Waals surface area (Å²) in [6.07, 6.45) is 5.46. The van der Waals surface area contributed by atoms with E-state index in [-0.39, 0.29) is 0 Å². The zero-order valence-corrected chi connectivity index (χ0v) is 12.6. The van der Waals surface area contributed by atoms with Gasteiger partial charge in [0.15, 0.2) is 0 Å². The molecule has 102 valence electrons. The van der Waals surface area contributed by atoms with Crippen molar-refractivity contribution < 1.29 is 4.74 Å². The highest BCUT2D eigenvalue weighted by Crippen LogP contribution is 2.19. The molecule has 0 aliphatic carbocycles. The molecule has 0 aromatic heterocycles. The number of hydrogen-bond donors (Lipinski definition) is 1. The quantitative estimate of drug-likeness (QED) is 0.719. The molecular formula is C13H28N2OS. The second-order valence-electron chi connectivity index (χ2n) is 5.28. The SMILES string of the molecule is CSCCN(C)CC1CCC(CNC(C)C)O1. The summed E-state index contributed by atoms with van der Waals surface area (Å²) in [5.74, 6) is 1.21. The second kappa shape index (κ2) is 8.35. The van der Waals surface area contributed by atoms with Gasteiger partial charge in [0.1, 0.15) is 0 Å². The molecule has 0 aromatic carbocycles. The van der Waals surface area contributed by atoms with Crippen LogP contribution in [0.25, 0.3) is 0 Å². The third-order valence-corrected chi connectivity index (χ3v) is 3.73. The second-order valence-corrected chi connectivity index (χ2v) is 6.26. The largest absolute Gasteiger partial charge is 0.372 e. The van der Waals surface area contributed by atoms with Gasteiger partial charge in [0.05, 0.1) is 12.2 Å². The van der Waals surface area contributed by atoms with Gasteiger partial charge in [-0.15, -0.1) is 0 Å². The van der Waals surface area contributed by atoms with Crippen molar-refractivity contribution in [1.29, 1.82) is 0 Å². The van der Waals surface area contributed by atoms with Gasteiger partial charge in [-0.1, -0.05) is 13.8 Å². The predicted octanol–water partition coefficient (Wildman–Crippen LogP) is 1.83. The average Bonchev–Trinajstić information content (AvgIpc) is 2.71. The summed E-state index contributed by atoms with van der Waals surface area (Å²) in [4.78, 5) is 2.39. The van der Waals surface area contributed by atoms with Crippen molar-refractivity contribution >= 4 is 11.8 Å². The number of thioether (sulfide) groups is 1. The van der Waals surface area contributed by atoms with Gasteiger partial charge in [-0.25, -0.2) is 0 Å². The summed E-state index contributed by atoms with van der Waals surface area (Å²) in [6.45, 7) is 7.61. The van der Waals surface area contributed by atoms with E-state index in [2.05, 4.69) is 37.4 Å². The smallest absolute Gasteiger partial charge is 0.0707 e. The van der Waals surface area contributed by atoms with Crippen molar-refractivity contribution in [3.8, 4) is 0 Å². The van der Waals surface area contributed by atoms with Crippen LogP contribution in [-0.4, -0.2) is 61.8 Å². The Morgan fingerprint density at radius 3 is 2.71 bits per heavy atom. The molecule has 1 heterocycles. The molecule has 2 atom stereocenters. The van der Waals surface area contributed by atoms with Crippen LogP contribution < -0.4 is 5.32 Å². The summed E-state index contributed by atoms with van der Waals surface area (Å²) in [5, 5.41) is 3.45. The summed E-state index contributed by atoms with van der Waals surface area (Å²) < 4.78 is 6.05. The number of nitrogens with one attached hydrogen (secondary N) is 1. The van der Waals surface area contributed by atoms with Gasteiger partial charge in [-0.2, -0.15) is 11.8 Å². The van der Waals surface area contributed by atoms with Crippen LogP contribution >= 0.6 is 11.8 Å². The van der Waals surface area contributed by atoms with E-state index in [9.17, 15) is 0 Å². The van der Waals surface area contributed by atoms with Crippen molar-refractivity contribution in [2.45, 2.75) is 44.9 Å². The van der Waals surface area contributed by atoms with Crippen LogP contribution in [0, 0.1) is 0 Å². The van der Waals surface area contributed by atoms with Gasteiger partial charge in [-0.05, 0) is 26.1 Å². The first-order valence-electron chi connectivity index (χ1n) is 6.68. The maximum absolute atomic E-state index is 6.05. The minimum Gasteiger partial charge on any atom is -0.372 e. The molecule has 2 unspecified atom stereocenters. The highest BCUT2D eigenvalue weighted by Gasteiger charge is 2.25. The molecule has 0 bridgehead atoms. The van der Waals surface area contributed by atoms with Crippen LogP contribution in [-0.2, 0) is 4.74 Å². The molecule has 0 saturated carbocycles. The number of nitrogens with zero attached hydrogens (tertiary/aromatic N) is 1. The maximum Gasteiger partial charge on any atom is 0.0707 e. The molecule has 0 aromatic rings. The van der Waals surface area contributed by atoms with Crippen LogP contribution in [0.2, 0.25) is 0 Å². The van der Waals surface area contributed by atoms with E-state index in [4.69, 9.17) is 4.74 Å². The average molecular weight is 260 g/mol. The van der Waals surface area contributed by atoms with Crippen molar-refractivity contribution in [3.05, 3.63) is 0 Å². The zero-order chi connectivity index (χ0) is 12.7. The summed E-state index contributed by atoms with van der Waals surface area (Å²) in [7, 11) is 2.19.